The second-order valence-corrected chi connectivity index (χ2v) is 8.11. The fraction of sp³-hybridized carbons (Fsp3) is 0. The van der Waals surface area contributed by atoms with Gasteiger partial charge in [-0.25, -0.2) is 0 Å². The van der Waals surface area contributed by atoms with E-state index < -0.39 is 0 Å². The van der Waals surface area contributed by atoms with Crippen LogP contribution in [0.3, 0.4) is 0 Å². The largest absolute Gasteiger partial charge is 0.242 e. The summed E-state index contributed by atoms with van der Waals surface area (Å²) in [5.74, 6) is 0. The predicted octanol–water partition coefficient (Wildman–Crippen LogP) is 5.52. The SMILES string of the molecule is c1ccc(B2c3ccccc3-c3ccccc3-c3ccccc3-c3ccccc32)cc1. The molecule has 0 fully saturated rings. The molecular weight excluding hydrogens is 371 g/mol. The predicted molar refractivity (Wildman–Crippen MR) is 134 cm³/mol. The van der Waals surface area contributed by atoms with Gasteiger partial charge in [0.15, 0.2) is 0 Å². The Morgan fingerprint density at radius 2 is 0.613 bits per heavy atom. The van der Waals surface area contributed by atoms with Crippen molar-refractivity contribution in [2.24, 2.45) is 0 Å². The van der Waals surface area contributed by atoms with E-state index in [2.05, 4.69) is 127 Å². The van der Waals surface area contributed by atoms with E-state index in [-0.39, 0.29) is 6.71 Å². The lowest BCUT2D eigenvalue weighted by atomic mass is 9.35. The Labute approximate surface area is 183 Å². The van der Waals surface area contributed by atoms with Crippen LogP contribution in [0.4, 0.5) is 0 Å². The second kappa shape index (κ2) is 7.45. The van der Waals surface area contributed by atoms with Crippen LogP contribution in [0.15, 0.2) is 127 Å². The molecule has 6 rings (SSSR count). The molecule has 0 aromatic heterocycles. The molecule has 0 nitrogen and oxygen atoms in total. The van der Waals surface area contributed by atoms with E-state index >= 15 is 0 Å². The maximum Gasteiger partial charge on any atom is 0.242 e. The topological polar surface area (TPSA) is 0 Å². The van der Waals surface area contributed by atoms with Crippen LogP contribution < -0.4 is 16.4 Å². The Morgan fingerprint density at radius 3 is 1.06 bits per heavy atom. The third kappa shape index (κ3) is 2.93. The van der Waals surface area contributed by atoms with Crippen LogP contribution >= 0.6 is 0 Å². The minimum absolute atomic E-state index is 0.160. The highest BCUT2D eigenvalue weighted by Gasteiger charge is 2.29. The molecule has 1 heteroatoms. The molecule has 0 unspecified atom stereocenters. The first kappa shape index (κ1) is 18.0. The smallest absolute Gasteiger partial charge is 0.0686 e. The molecule has 1 aliphatic heterocycles. The summed E-state index contributed by atoms with van der Waals surface area (Å²) in [4.78, 5) is 0. The Morgan fingerprint density at radius 1 is 0.290 bits per heavy atom. The van der Waals surface area contributed by atoms with Crippen molar-refractivity contribution in [2.75, 3.05) is 0 Å². The van der Waals surface area contributed by atoms with Gasteiger partial charge in [0.1, 0.15) is 0 Å². The molecule has 0 aliphatic carbocycles. The van der Waals surface area contributed by atoms with Gasteiger partial charge in [0.2, 0.25) is 6.71 Å². The van der Waals surface area contributed by atoms with Crippen molar-refractivity contribution in [1.29, 1.82) is 0 Å². The zero-order valence-electron chi connectivity index (χ0n) is 17.2. The van der Waals surface area contributed by atoms with Gasteiger partial charge in [0.05, 0.1) is 0 Å². The lowest BCUT2D eigenvalue weighted by Gasteiger charge is -2.21. The van der Waals surface area contributed by atoms with Crippen molar-refractivity contribution in [2.45, 2.75) is 0 Å². The Balaban J connectivity index is 1.81. The van der Waals surface area contributed by atoms with Gasteiger partial charge in [0, 0.05) is 0 Å². The third-order valence-corrected chi connectivity index (χ3v) is 6.40. The molecule has 1 aliphatic rings. The van der Waals surface area contributed by atoms with Crippen LogP contribution in [0.5, 0.6) is 0 Å². The summed E-state index contributed by atoms with van der Waals surface area (Å²) < 4.78 is 0. The molecule has 5 aromatic carbocycles. The number of hydrogen-bond donors (Lipinski definition) is 0. The molecule has 144 valence electrons. The van der Waals surface area contributed by atoms with E-state index in [9.17, 15) is 0 Å². The van der Waals surface area contributed by atoms with Crippen molar-refractivity contribution in [3.63, 3.8) is 0 Å². The average Bonchev–Trinajstić information content (AvgIpc) is 2.89. The van der Waals surface area contributed by atoms with E-state index in [1.165, 1.54) is 49.8 Å². The summed E-state index contributed by atoms with van der Waals surface area (Å²) in [6, 6.07) is 46.4. The number of hydrogen-bond acceptors (Lipinski definition) is 0. The molecule has 31 heavy (non-hydrogen) atoms. The zero-order chi connectivity index (χ0) is 20.6. The number of fused-ring (bicyclic) bond motifs is 7. The molecule has 0 atom stereocenters. The summed E-state index contributed by atoms with van der Waals surface area (Å²) in [7, 11) is 0. The summed E-state index contributed by atoms with van der Waals surface area (Å²) >= 11 is 0. The van der Waals surface area contributed by atoms with Gasteiger partial charge in [-0.3, -0.25) is 0 Å². The minimum atomic E-state index is 0.160. The van der Waals surface area contributed by atoms with Crippen molar-refractivity contribution in [3.8, 4) is 33.4 Å². The lowest BCUT2D eigenvalue weighted by Crippen LogP contribution is -2.53. The van der Waals surface area contributed by atoms with Gasteiger partial charge in [0.25, 0.3) is 0 Å². The van der Waals surface area contributed by atoms with Crippen molar-refractivity contribution < 1.29 is 0 Å². The Hall–Kier alpha value is -3.84. The maximum atomic E-state index is 2.30. The summed E-state index contributed by atoms with van der Waals surface area (Å²) in [5, 5.41) is 0. The van der Waals surface area contributed by atoms with E-state index in [0.717, 1.165) is 0 Å². The molecule has 0 saturated carbocycles. The first-order valence-electron chi connectivity index (χ1n) is 10.8. The van der Waals surface area contributed by atoms with Crippen LogP contribution in [-0.2, 0) is 0 Å². The molecule has 0 bridgehead atoms. The van der Waals surface area contributed by atoms with E-state index in [4.69, 9.17) is 0 Å². The standard InChI is InChI=1S/C30H21B/c1-2-12-22(13-3-1)31-29-20-10-8-18-27(29)25-16-6-4-14-23(25)24-15-5-7-17-26(24)28-19-9-11-21-30(28)31/h1-21H. The number of benzene rings is 5. The van der Waals surface area contributed by atoms with E-state index in [1.54, 1.807) is 0 Å². The Bertz CT molecular complexity index is 1300. The highest BCUT2D eigenvalue weighted by atomic mass is 14.2. The normalized spacial score (nSPS) is 11.8. The molecule has 0 spiro atoms. The molecule has 0 radical (unpaired) electrons. The maximum absolute atomic E-state index is 2.30. The van der Waals surface area contributed by atoms with Crippen molar-refractivity contribution >= 4 is 23.1 Å². The van der Waals surface area contributed by atoms with Gasteiger partial charge in [-0.05, 0) is 33.4 Å². The van der Waals surface area contributed by atoms with Crippen LogP contribution in [0, 0.1) is 0 Å². The first-order valence-corrected chi connectivity index (χ1v) is 10.8. The fourth-order valence-electron chi connectivity index (χ4n) is 5.07. The van der Waals surface area contributed by atoms with Crippen LogP contribution in [0.2, 0.25) is 0 Å². The van der Waals surface area contributed by atoms with Gasteiger partial charge in [-0.15, -0.1) is 0 Å². The van der Waals surface area contributed by atoms with Gasteiger partial charge in [-0.2, -0.15) is 0 Å². The van der Waals surface area contributed by atoms with Gasteiger partial charge in [-0.1, -0.05) is 144 Å². The first-order chi connectivity index (χ1) is 15.4. The second-order valence-electron chi connectivity index (χ2n) is 8.11. The number of rotatable bonds is 1. The molecule has 1 heterocycles. The molecule has 5 aromatic rings. The summed E-state index contributed by atoms with van der Waals surface area (Å²) in [6.45, 7) is 0.160. The molecular formula is C30H21B. The lowest BCUT2D eigenvalue weighted by molar-refractivity contribution is 1.58. The Kier molecular flexibility index (Phi) is 4.32. The van der Waals surface area contributed by atoms with Crippen LogP contribution in [0.25, 0.3) is 33.4 Å². The van der Waals surface area contributed by atoms with Crippen molar-refractivity contribution in [1.82, 2.24) is 0 Å². The molecule has 0 N–H and O–H groups in total. The quantitative estimate of drug-likeness (QED) is 0.324. The fourth-order valence-corrected chi connectivity index (χ4v) is 5.07. The third-order valence-electron chi connectivity index (χ3n) is 6.40. The highest BCUT2D eigenvalue weighted by Crippen LogP contribution is 2.38. The zero-order valence-corrected chi connectivity index (χ0v) is 17.2. The molecule has 0 amide bonds. The summed E-state index contributed by atoms with van der Waals surface area (Å²) in [6.07, 6.45) is 0. The van der Waals surface area contributed by atoms with Gasteiger partial charge >= 0.3 is 0 Å². The van der Waals surface area contributed by atoms with E-state index in [1.807, 2.05) is 0 Å². The summed E-state index contributed by atoms with van der Waals surface area (Å²) in [5.41, 5.74) is 11.8. The minimum Gasteiger partial charge on any atom is -0.0686 e. The van der Waals surface area contributed by atoms with Gasteiger partial charge < -0.3 is 0 Å². The van der Waals surface area contributed by atoms with Crippen LogP contribution in [0.1, 0.15) is 0 Å². The van der Waals surface area contributed by atoms with E-state index in [0.29, 0.717) is 0 Å². The highest BCUT2D eigenvalue weighted by molar-refractivity contribution is 6.97. The van der Waals surface area contributed by atoms with Crippen LogP contribution in [-0.4, -0.2) is 6.71 Å². The van der Waals surface area contributed by atoms with Crippen molar-refractivity contribution in [3.05, 3.63) is 127 Å². The average molecular weight is 392 g/mol. The molecule has 0 saturated heterocycles. The monoisotopic (exact) mass is 392 g/mol.